The molecule has 0 aromatic heterocycles. The number of amides is 1. The minimum Gasteiger partial charge on any atom is -0.495 e. The van der Waals surface area contributed by atoms with Crippen molar-refractivity contribution in [3.05, 3.63) is 58.9 Å². The number of methoxy groups -OCH3 is 1. The summed E-state index contributed by atoms with van der Waals surface area (Å²) in [4.78, 5) is 11.7. The Kier molecular flexibility index (Phi) is 4.65. The summed E-state index contributed by atoms with van der Waals surface area (Å²) in [5, 5.41) is 3.14. The van der Waals surface area contributed by atoms with Crippen molar-refractivity contribution in [3.63, 3.8) is 0 Å². The molecule has 3 N–H and O–H groups in total. The Balaban J connectivity index is 2.38. The molecule has 1 amide bonds. The molecule has 0 aliphatic heterocycles. The van der Waals surface area contributed by atoms with Gasteiger partial charge in [0.25, 0.3) is 0 Å². The summed E-state index contributed by atoms with van der Waals surface area (Å²) in [5.41, 5.74) is 6.04. The van der Waals surface area contributed by atoms with Crippen LogP contribution in [0.2, 0.25) is 5.02 Å². The smallest absolute Gasteiger partial charge is 0.244 e. The van der Waals surface area contributed by atoms with Crippen LogP contribution in [0.3, 0.4) is 0 Å². The molecule has 6 heteroatoms. The number of halogens is 2. The van der Waals surface area contributed by atoms with Crippen LogP contribution in [0, 0.1) is 5.82 Å². The van der Waals surface area contributed by atoms with Crippen molar-refractivity contribution in [3.8, 4) is 5.75 Å². The summed E-state index contributed by atoms with van der Waals surface area (Å²) in [6.07, 6.45) is 0. The van der Waals surface area contributed by atoms with Crippen molar-refractivity contribution in [1.82, 2.24) is 0 Å². The summed E-state index contributed by atoms with van der Waals surface area (Å²) in [6.45, 7) is 0. The van der Waals surface area contributed by atoms with E-state index in [1.54, 1.807) is 24.3 Å². The molecule has 0 fully saturated rings. The maximum Gasteiger partial charge on any atom is 0.244 e. The Morgan fingerprint density at radius 3 is 2.67 bits per heavy atom. The fourth-order valence-corrected chi connectivity index (χ4v) is 2.12. The molecule has 1 unspecified atom stereocenters. The molecule has 2 rings (SSSR count). The molecule has 0 aliphatic carbocycles. The highest BCUT2D eigenvalue weighted by Gasteiger charge is 2.22. The average molecular weight is 309 g/mol. The van der Waals surface area contributed by atoms with Crippen molar-refractivity contribution in [1.29, 1.82) is 0 Å². The highest BCUT2D eigenvalue weighted by molar-refractivity contribution is 6.30. The van der Waals surface area contributed by atoms with E-state index in [1.807, 2.05) is 0 Å². The number of primary amides is 1. The van der Waals surface area contributed by atoms with Gasteiger partial charge in [-0.2, -0.15) is 0 Å². The van der Waals surface area contributed by atoms with Crippen molar-refractivity contribution >= 4 is 23.2 Å². The fraction of sp³-hybridized carbons (Fsp3) is 0.133. The van der Waals surface area contributed by atoms with Crippen LogP contribution in [0.5, 0.6) is 5.75 Å². The van der Waals surface area contributed by atoms with Gasteiger partial charge in [0.2, 0.25) is 5.91 Å². The number of rotatable bonds is 5. The Bertz CT molecular complexity index is 664. The van der Waals surface area contributed by atoms with E-state index in [0.717, 1.165) is 6.07 Å². The SMILES string of the molecule is COc1ccccc1NC(C(N)=O)c1ccc(Cl)cc1F. The van der Waals surface area contributed by atoms with Gasteiger partial charge >= 0.3 is 0 Å². The summed E-state index contributed by atoms with van der Waals surface area (Å²) in [6, 6.07) is 10.0. The van der Waals surface area contributed by atoms with Gasteiger partial charge in [0.1, 0.15) is 17.6 Å². The van der Waals surface area contributed by atoms with E-state index in [2.05, 4.69) is 5.32 Å². The molecule has 0 bridgehead atoms. The zero-order chi connectivity index (χ0) is 15.4. The van der Waals surface area contributed by atoms with Crippen molar-refractivity contribution in [2.24, 2.45) is 5.73 Å². The van der Waals surface area contributed by atoms with Gasteiger partial charge < -0.3 is 15.8 Å². The lowest BCUT2D eigenvalue weighted by Crippen LogP contribution is -2.28. The highest BCUT2D eigenvalue weighted by Crippen LogP contribution is 2.29. The maximum absolute atomic E-state index is 14.0. The predicted octanol–water partition coefficient (Wildman–Crippen LogP) is 3.13. The van der Waals surface area contributed by atoms with Gasteiger partial charge in [-0.15, -0.1) is 0 Å². The largest absolute Gasteiger partial charge is 0.495 e. The Morgan fingerprint density at radius 2 is 2.05 bits per heavy atom. The number of benzene rings is 2. The van der Waals surface area contributed by atoms with Gasteiger partial charge in [-0.1, -0.05) is 29.8 Å². The van der Waals surface area contributed by atoms with E-state index in [0.29, 0.717) is 11.4 Å². The summed E-state index contributed by atoms with van der Waals surface area (Å²) < 4.78 is 19.2. The van der Waals surface area contributed by atoms with E-state index in [9.17, 15) is 9.18 Å². The zero-order valence-corrected chi connectivity index (χ0v) is 12.0. The zero-order valence-electron chi connectivity index (χ0n) is 11.3. The lowest BCUT2D eigenvalue weighted by Gasteiger charge is -2.19. The monoisotopic (exact) mass is 308 g/mol. The van der Waals surface area contributed by atoms with Crippen LogP contribution >= 0.6 is 11.6 Å². The lowest BCUT2D eigenvalue weighted by atomic mass is 10.1. The van der Waals surface area contributed by atoms with Crippen LogP contribution < -0.4 is 15.8 Å². The number of ether oxygens (including phenoxy) is 1. The van der Waals surface area contributed by atoms with Gasteiger partial charge in [-0.25, -0.2) is 4.39 Å². The lowest BCUT2D eigenvalue weighted by molar-refractivity contribution is -0.118. The quantitative estimate of drug-likeness (QED) is 0.892. The molecular formula is C15H14ClFN2O2. The predicted molar refractivity (Wildman–Crippen MR) is 80.0 cm³/mol. The third kappa shape index (κ3) is 3.44. The molecular weight excluding hydrogens is 295 g/mol. The van der Waals surface area contributed by atoms with Crippen molar-refractivity contribution < 1.29 is 13.9 Å². The number of nitrogens with two attached hydrogens (primary N) is 1. The van der Waals surface area contributed by atoms with E-state index >= 15 is 0 Å². The fourth-order valence-electron chi connectivity index (χ4n) is 1.96. The van der Waals surface area contributed by atoms with E-state index < -0.39 is 17.8 Å². The van der Waals surface area contributed by atoms with Gasteiger partial charge in [-0.3, -0.25) is 4.79 Å². The second-order valence-corrected chi connectivity index (χ2v) is 4.78. The van der Waals surface area contributed by atoms with E-state index in [4.69, 9.17) is 22.1 Å². The molecule has 0 saturated carbocycles. The average Bonchev–Trinajstić information content (AvgIpc) is 2.45. The molecule has 0 heterocycles. The molecule has 0 saturated heterocycles. The second kappa shape index (κ2) is 6.45. The van der Waals surface area contributed by atoms with Crippen LogP contribution in [0.15, 0.2) is 42.5 Å². The minimum atomic E-state index is -1.03. The maximum atomic E-state index is 14.0. The van der Waals surface area contributed by atoms with Crippen LogP contribution in [-0.4, -0.2) is 13.0 Å². The van der Waals surface area contributed by atoms with Crippen molar-refractivity contribution in [2.45, 2.75) is 6.04 Å². The van der Waals surface area contributed by atoms with Crippen molar-refractivity contribution in [2.75, 3.05) is 12.4 Å². The first-order chi connectivity index (χ1) is 10.0. The first kappa shape index (κ1) is 15.1. The molecule has 0 spiro atoms. The number of anilines is 1. The number of hydrogen-bond donors (Lipinski definition) is 2. The van der Waals surface area contributed by atoms with Gasteiger partial charge in [0.05, 0.1) is 12.8 Å². The number of carbonyl (C=O) groups excluding carboxylic acids is 1. The molecule has 110 valence electrons. The van der Waals surface area contributed by atoms with Gasteiger partial charge in [0, 0.05) is 10.6 Å². The summed E-state index contributed by atoms with van der Waals surface area (Å²) in [5.74, 6) is -0.783. The van der Waals surface area contributed by atoms with E-state index in [-0.39, 0.29) is 10.6 Å². The molecule has 2 aromatic rings. The Morgan fingerprint density at radius 1 is 1.33 bits per heavy atom. The summed E-state index contributed by atoms with van der Waals surface area (Å²) >= 11 is 5.71. The Hall–Kier alpha value is -2.27. The molecule has 2 aromatic carbocycles. The number of carbonyl (C=O) groups is 1. The third-order valence-corrected chi connectivity index (χ3v) is 3.20. The van der Waals surface area contributed by atoms with E-state index in [1.165, 1.54) is 19.2 Å². The molecule has 21 heavy (non-hydrogen) atoms. The molecule has 4 nitrogen and oxygen atoms in total. The first-order valence-electron chi connectivity index (χ1n) is 6.16. The molecule has 0 aliphatic rings. The minimum absolute atomic E-state index is 0.123. The van der Waals surface area contributed by atoms with Crippen LogP contribution in [-0.2, 0) is 4.79 Å². The van der Waals surface area contributed by atoms with Crippen LogP contribution in [0.4, 0.5) is 10.1 Å². The third-order valence-electron chi connectivity index (χ3n) is 2.96. The molecule has 1 atom stereocenters. The second-order valence-electron chi connectivity index (χ2n) is 4.35. The Labute approximate surface area is 126 Å². The standard InChI is InChI=1S/C15H14ClFN2O2/c1-21-13-5-3-2-4-12(13)19-14(15(18)20)10-7-6-9(16)8-11(10)17/h2-8,14,19H,1H3,(H2,18,20). The van der Waals surface area contributed by atoms with Gasteiger partial charge in [-0.05, 0) is 24.3 Å². The number of para-hydroxylation sites is 2. The molecule has 0 radical (unpaired) electrons. The number of hydrogen-bond acceptors (Lipinski definition) is 3. The number of nitrogens with one attached hydrogen (secondary N) is 1. The first-order valence-corrected chi connectivity index (χ1v) is 6.54. The normalized spacial score (nSPS) is 11.8. The van der Waals surface area contributed by atoms with Gasteiger partial charge in [0.15, 0.2) is 0 Å². The highest BCUT2D eigenvalue weighted by atomic mass is 35.5. The topological polar surface area (TPSA) is 64.3 Å². The van der Waals surface area contributed by atoms with Crippen LogP contribution in [0.1, 0.15) is 11.6 Å². The summed E-state index contributed by atoms with van der Waals surface area (Å²) in [7, 11) is 1.50. The van der Waals surface area contributed by atoms with Crippen LogP contribution in [0.25, 0.3) is 0 Å².